The third-order valence-corrected chi connectivity index (χ3v) is 2.37. The second-order valence-corrected chi connectivity index (χ2v) is 3.80. The minimum atomic E-state index is -0.493. The van der Waals surface area contributed by atoms with E-state index in [0.29, 0.717) is 0 Å². The number of rotatable bonds is 4. The molecule has 1 rings (SSSR count). The normalized spacial score (nSPS) is 13.2. The average molecular weight is 259 g/mol. The Bertz CT molecular complexity index is 369. The summed E-state index contributed by atoms with van der Waals surface area (Å²) in [5.41, 5.74) is 6.48. The molecule has 0 spiro atoms. The molecular formula is C12H19ClN2O2. The van der Waals surface area contributed by atoms with Gasteiger partial charge in [0.05, 0.1) is 19.2 Å². The van der Waals surface area contributed by atoms with Gasteiger partial charge >= 0.3 is 0 Å². The minimum absolute atomic E-state index is 0. The highest BCUT2D eigenvalue weighted by atomic mass is 35.5. The summed E-state index contributed by atoms with van der Waals surface area (Å²) in [5.74, 6) is 0.620. The van der Waals surface area contributed by atoms with Gasteiger partial charge in [-0.15, -0.1) is 12.4 Å². The van der Waals surface area contributed by atoms with Crippen LogP contribution in [-0.4, -0.2) is 19.1 Å². The molecule has 96 valence electrons. The van der Waals surface area contributed by atoms with Crippen LogP contribution in [0.5, 0.6) is 5.75 Å². The molecule has 17 heavy (non-hydrogen) atoms. The number of amides is 1. The smallest absolute Gasteiger partial charge is 0.237 e. The molecule has 3 N–H and O–H groups in total. The molecule has 0 aliphatic carbocycles. The van der Waals surface area contributed by atoms with Crippen molar-refractivity contribution < 1.29 is 9.53 Å². The molecule has 0 aliphatic rings. The number of halogens is 1. The van der Waals surface area contributed by atoms with Crippen molar-refractivity contribution in [1.82, 2.24) is 5.32 Å². The molecule has 0 bridgehead atoms. The molecule has 0 fully saturated rings. The highest BCUT2D eigenvalue weighted by Gasteiger charge is 2.12. The number of benzene rings is 1. The zero-order valence-electron chi connectivity index (χ0n) is 10.3. The van der Waals surface area contributed by atoms with Crippen LogP contribution in [0.4, 0.5) is 0 Å². The summed E-state index contributed by atoms with van der Waals surface area (Å²) in [5, 5.41) is 2.83. The molecule has 0 saturated heterocycles. The van der Waals surface area contributed by atoms with Gasteiger partial charge in [-0.3, -0.25) is 4.79 Å². The van der Waals surface area contributed by atoms with Crippen LogP contribution in [0.3, 0.4) is 0 Å². The number of hydrogen-bond acceptors (Lipinski definition) is 3. The number of methoxy groups -OCH3 is 1. The molecule has 2 atom stereocenters. The Morgan fingerprint density at radius 1 is 1.41 bits per heavy atom. The Morgan fingerprint density at radius 2 is 2.06 bits per heavy atom. The predicted octanol–water partition coefficient (Wildman–Crippen LogP) is 1.64. The molecule has 0 aromatic heterocycles. The van der Waals surface area contributed by atoms with Crippen molar-refractivity contribution in [3.8, 4) is 5.75 Å². The monoisotopic (exact) mass is 258 g/mol. The van der Waals surface area contributed by atoms with Gasteiger partial charge in [0.2, 0.25) is 5.91 Å². The average Bonchev–Trinajstić information content (AvgIpc) is 2.28. The van der Waals surface area contributed by atoms with E-state index in [4.69, 9.17) is 10.5 Å². The fourth-order valence-electron chi connectivity index (χ4n) is 1.34. The van der Waals surface area contributed by atoms with Gasteiger partial charge < -0.3 is 15.8 Å². The van der Waals surface area contributed by atoms with Crippen molar-refractivity contribution in [3.05, 3.63) is 29.8 Å². The summed E-state index contributed by atoms with van der Waals surface area (Å²) in [6, 6.07) is 7.02. The zero-order chi connectivity index (χ0) is 12.1. The van der Waals surface area contributed by atoms with Crippen molar-refractivity contribution in [1.29, 1.82) is 0 Å². The van der Waals surface area contributed by atoms with Crippen LogP contribution in [-0.2, 0) is 4.79 Å². The van der Waals surface area contributed by atoms with Crippen LogP contribution in [0.25, 0.3) is 0 Å². The maximum absolute atomic E-state index is 11.4. The Kier molecular flexibility index (Phi) is 6.61. The molecule has 1 aromatic rings. The van der Waals surface area contributed by atoms with E-state index in [0.717, 1.165) is 11.3 Å². The number of ether oxygens (including phenoxy) is 1. The lowest BCUT2D eigenvalue weighted by atomic mass is 10.1. The van der Waals surface area contributed by atoms with E-state index in [1.807, 2.05) is 31.2 Å². The lowest BCUT2D eigenvalue weighted by molar-refractivity contribution is -0.122. The maximum atomic E-state index is 11.4. The Hall–Kier alpha value is -1.26. The maximum Gasteiger partial charge on any atom is 0.237 e. The largest absolute Gasteiger partial charge is 0.497 e. The molecule has 0 aliphatic heterocycles. The number of carbonyl (C=O) groups excluding carboxylic acids is 1. The van der Waals surface area contributed by atoms with Crippen molar-refractivity contribution >= 4 is 18.3 Å². The third kappa shape index (κ3) is 4.63. The standard InChI is InChI=1S/C12H18N2O2.ClH/c1-8(13)12(15)14-9(2)10-5-4-6-11(7-10)16-3;/h4-9H,13H2,1-3H3,(H,14,15);1H/t8-,9?;/m0./s1. The summed E-state index contributed by atoms with van der Waals surface area (Å²) >= 11 is 0. The number of hydrogen-bond donors (Lipinski definition) is 2. The lowest BCUT2D eigenvalue weighted by Gasteiger charge is -2.16. The van der Waals surface area contributed by atoms with Crippen molar-refractivity contribution in [2.24, 2.45) is 5.73 Å². The van der Waals surface area contributed by atoms with Crippen LogP contribution >= 0.6 is 12.4 Å². The number of carbonyl (C=O) groups is 1. The van der Waals surface area contributed by atoms with Gasteiger partial charge in [-0.25, -0.2) is 0 Å². The van der Waals surface area contributed by atoms with Gasteiger partial charge in [0.15, 0.2) is 0 Å². The highest BCUT2D eigenvalue weighted by molar-refractivity contribution is 5.85. The second kappa shape index (κ2) is 7.14. The summed E-state index contributed by atoms with van der Waals surface area (Å²) in [4.78, 5) is 11.4. The van der Waals surface area contributed by atoms with Crippen LogP contribution in [0, 0.1) is 0 Å². The predicted molar refractivity (Wildman–Crippen MR) is 70.4 cm³/mol. The van der Waals surface area contributed by atoms with Crippen LogP contribution in [0.1, 0.15) is 25.5 Å². The van der Waals surface area contributed by atoms with Gasteiger partial charge in [0.25, 0.3) is 0 Å². The first-order chi connectivity index (χ1) is 7.54. The number of nitrogens with one attached hydrogen (secondary N) is 1. The molecular weight excluding hydrogens is 240 g/mol. The molecule has 1 aromatic carbocycles. The topological polar surface area (TPSA) is 64.3 Å². The van der Waals surface area contributed by atoms with Crippen molar-refractivity contribution in [3.63, 3.8) is 0 Å². The summed E-state index contributed by atoms with van der Waals surface area (Å²) in [6.45, 7) is 3.57. The van der Waals surface area contributed by atoms with E-state index < -0.39 is 6.04 Å². The van der Waals surface area contributed by atoms with Crippen molar-refractivity contribution in [2.75, 3.05) is 7.11 Å². The highest BCUT2D eigenvalue weighted by Crippen LogP contribution is 2.18. The quantitative estimate of drug-likeness (QED) is 0.863. The summed E-state index contributed by atoms with van der Waals surface area (Å²) in [7, 11) is 1.62. The zero-order valence-corrected chi connectivity index (χ0v) is 11.1. The fourth-order valence-corrected chi connectivity index (χ4v) is 1.34. The van der Waals surface area contributed by atoms with E-state index in [1.54, 1.807) is 14.0 Å². The van der Waals surface area contributed by atoms with Crippen LogP contribution in [0.15, 0.2) is 24.3 Å². The molecule has 5 heteroatoms. The molecule has 4 nitrogen and oxygen atoms in total. The molecule has 1 unspecified atom stereocenters. The van der Waals surface area contributed by atoms with Crippen LogP contribution < -0.4 is 15.8 Å². The molecule has 0 saturated carbocycles. The van der Waals surface area contributed by atoms with Gasteiger partial charge in [0.1, 0.15) is 5.75 Å². The van der Waals surface area contributed by atoms with Gasteiger partial charge in [-0.2, -0.15) is 0 Å². The van der Waals surface area contributed by atoms with Gasteiger partial charge in [0, 0.05) is 0 Å². The SMILES string of the molecule is COc1cccc(C(C)NC(=O)[C@H](C)N)c1.Cl. The van der Waals surface area contributed by atoms with Gasteiger partial charge in [-0.05, 0) is 31.5 Å². The van der Waals surface area contributed by atoms with E-state index in [1.165, 1.54) is 0 Å². The summed E-state index contributed by atoms with van der Waals surface area (Å²) < 4.78 is 5.12. The first kappa shape index (κ1) is 15.7. The Labute approximate surface area is 108 Å². The Balaban J connectivity index is 0.00000256. The first-order valence-corrected chi connectivity index (χ1v) is 5.24. The van der Waals surface area contributed by atoms with E-state index in [9.17, 15) is 4.79 Å². The van der Waals surface area contributed by atoms with Gasteiger partial charge in [-0.1, -0.05) is 12.1 Å². The lowest BCUT2D eigenvalue weighted by Crippen LogP contribution is -2.39. The molecule has 0 radical (unpaired) electrons. The molecule has 0 heterocycles. The number of nitrogens with two attached hydrogens (primary N) is 1. The van der Waals surface area contributed by atoms with E-state index in [2.05, 4.69) is 5.32 Å². The van der Waals surface area contributed by atoms with E-state index in [-0.39, 0.29) is 24.4 Å². The first-order valence-electron chi connectivity index (χ1n) is 5.24. The minimum Gasteiger partial charge on any atom is -0.497 e. The van der Waals surface area contributed by atoms with E-state index >= 15 is 0 Å². The second-order valence-electron chi connectivity index (χ2n) is 3.80. The van der Waals surface area contributed by atoms with Crippen molar-refractivity contribution in [2.45, 2.75) is 25.9 Å². The Morgan fingerprint density at radius 3 is 2.59 bits per heavy atom. The fraction of sp³-hybridized carbons (Fsp3) is 0.417. The summed E-state index contributed by atoms with van der Waals surface area (Å²) in [6.07, 6.45) is 0. The molecule has 1 amide bonds. The third-order valence-electron chi connectivity index (χ3n) is 2.37. The van der Waals surface area contributed by atoms with Crippen LogP contribution in [0.2, 0.25) is 0 Å².